The summed E-state index contributed by atoms with van der Waals surface area (Å²) in [6.07, 6.45) is 8.23. The molecule has 1 aromatic heterocycles. The van der Waals surface area contributed by atoms with Crippen molar-refractivity contribution in [1.29, 1.82) is 0 Å². The van der Waals surface area contributed by atoms with Crippen LogP contribution in [0.5, 0.6) is 5.88 Å². The van der Waals surface area contributed by atoms with Gasteiger partial charge in [0.2, 0.25) is 11.6 Å². The number of rotatable bonds is 6. The highest BCUT2D eigenvalue weighted by molar-refractivity contribution is 6.10. The number of ether oxygens (including phenoxy) is 3. The van der Waals surface area contributed by atoms with Gasteiger partial charge in [0.1, 0.15) is 6.10 Å². The molecule has 0 saturated heterocycles. The van der Waals surface area contributed by atoms with Gasteiger partial charge in [-0.15, -0.1) is 0 Å². The molecule has 7 heteroatoms. The monoisotopic (exact) mass is 496 g/mol. The summed E-state index contributed by atoms with van der Waals surface area (Å²) in [7, 11) is 4.81. The lowest BCUT2D eigenvalue weighted by Gasteiger charge is -2.25. The van der Waals surface area contributed by atoms with Gasteiger partial charge in [-0.2, -0.15) is 4.58 Å². The lowest BCUT2D eigenvalue weighted by molar-refractivity contribution is -0.488. The minimum atomic E-state index is -0.665. The van der Waals surface area contributed by atoms with E-state index in [1.165, 1.54) is 5.56 Å². The number of pyridine rings is 1. The molecule has 0 saturated carbocycles. The highest BCUT2D eigenvalue weighted by Crippen LogP contribution is 2.50. The average molecular weight is 497 g/mol. The van der Waals surface area contributed by atoms with Crippen LogP contribution in [0, 0.1) is 0 Å². The Kier molecular flexibility index (Phi) is 6.99. The SMILES string of the molecule is COC.COc1ccc(NC(=O)C2=C3C=[N+](c4ccccc4)C(Cc4ccccc4)C34C=CC2O4)cn1. The molecule has 3 aliphatic heterocycles. The van der Waals surface area contributed by atoms with E-state index in [2.05, 4.69) is 68.3 Å². The molecule has 188 valence electrons. The quantitative estimate of drug-likeness (QED) is 0.406. The summed E-state index contributed by atoms with van der Waals surface area (Å²) < 4.78 is 18.2. The molecule has 3 atom stereocenters. The molecule has 3 aliphatic rings. The number of anilines is 1. The molecule has 2 bridgehead atoms. The van der Waals surface area contributed by atoms with Crippen molar-refractivity contribution in [3.63, 3.8) is 0 Å². The Morgan fingerprint density at radius 3 is 2.38 bits per heavy atom. The van der Waals surface area contributed by atoms with Crippen molar-refractivity contribution in [2.24, 2.45) is 0 Å². The van der Waals surface area contributed by atoms with Crippen molar-refractivity contribution in [2.75, 3.05) is 26.6 Å². The Morgan fingerprint density at radius 1 is 1.03 bits per heavy atom. The summed E-state index contributed by atoms with van der Waals surface area (Å²) in [5.74, 6) is 0.319. The van der Waals surface area contributed by atoms with Crippen LogP contribution in [-0.2, 0) is 20.7 Å². The van der Waals surface area contributed by atoms with Gasteiger partial charge < -0.3 is 19.5 Å². The van der Waals surface area contributed by atoms with E-state index in [0.717, 1.165) is 17.7 Å². The number of hydrogen-bond donors (Lipinski definition) is 1. The molecule has 0 aliphatic carbocycles. The number of aromatic nitrogens is 1. The molecule has 1 amide bonds. The molecule has 7 nitrogen and oxygen atoms in total. The minimum absolute atomic E-state index is 0.0125. The van der Waals surface area contributed by atoms with Gasteiger partial charge in [0.05, 0.1) is 30.1 Å². The molecule has 3 unspecified atom stereocenters. The van der Waals surface area contributed by atoms with Gasteiger partial charge in [-0.1, -0.05) is 54.6 Å². The lowest BCUT2D eigenvalue weighted by Crippen LogP contribution is -2.43. The highest BCUT2D eigenvalue weighted by atomic mass is 16.5. The second kappa shape index (κ2) is 10.5. The maximum Gasteiger partial charge on any atom is 0.255 e. The van der Waals surface area contributed by atoms with E-state index in [-0.39, 0.29) is 18.1 Å². The van der Waals surface area contributed by atoms with Crippen molar-refractivity contribution < 1.29 is 23.6 Å². The van der Waals surface area contributed by atoms with Crippen LogP contribution in [0.4, 0.5) is 11.4 Å². The number of benzene rings is 2. The Bertz CT molecular complexity index is 1350. The molecule has 37 heavy (non-hydrogen) atoms. The number of hydrogen-bond acceptors (Lipinski definition) is 5. The van der Waals surface area contributed by atoms with E-state index < -0.39 is 5.60 Å². The van der Waals surface area contributed by atoms with E-state index >= 15 is 0 Å². The number of para-hydroxylation sites is 1. The first-order valence-corrected chi connectivity index (χ1v) is 12.1. The Hall–Kier alpha value is -4.07. The van der Waals surface area contributed by atoms with Gasteiger partial charge >= 0.3 is 0 Å². The zero-order valence-corrected chi connectivity index (χ0v) is 21.1. The maximum atomic E-state index is 13.4. The lowest BCUT2D eigenvalue weighted by atomic mass is 9.82. The van der Waals surface area contributed by atoms with Gasteiger partial charge in [-0.25, -0.2) is 4.98 Å². The van der Waals surface area contributed by atoms with Crippen LogP contribution in [0.25, 0.3) is 0 Å². The molecule has 4 heterocycles. The Morgan fingerprint density at radius 2 is 1.73 bits per heavy atom. The van der Waals surface area contributed by atoms with Gasteiger partial charge in [-0.3, -0.25) is 4.79 Å². The summed E-state index contributed by atoms with van der Waals surface area (Å²) in [4.78, 5) is 17.6. The van der Waals surface area contributed by atoms with E-state index in [4.69, 9.17) is 9.47 Å². The van der Waals surface area contributed by atoms with Gasteiger partial charge in [0.15, 0.2) is 17.9 Å². The van der Waals surface area contributed by atoms with E-state index in [1.807, 2.05) is 30.3 Å². The zero-order chi connectivity index (χ0) is 25.8. The first-order chi connectivity index (χ1) is 18.1. The van der Waals surface area contributed by atoms with Crippen LogP contribution in [0.3, 0.4) is 0 Å². The summed E-state index contributed by atoms with van der Waals surface area (Å²) >= 11 is 0. The average Bonchev–Trinajstić information content (AvgIpc) is 3.59. The standard InChI is InChI=1S/C28H23N3O3.C2H6O/c1-33-25-13-12-20(17-29-25)30-27(32)26-22-18-31(21-10-6-3-7-11-21)24(16-19-8-4-2-5-9-19)28(22)15-14-23(26)34-28;1-3-2/h2-15,17-18,23-24H,16H2,1H3;1-2H3/p+1. The largest absolute Gasteiger partial charge is 0.481 e. The molecule has 1 spiro atoms. The van der Waals surface area contributed by atoms with Crippen molar-refractivity contribution in [1.82, 2.24) is 4.98 Å². The summed E-state index contributed by atoms with van der Waals surface area (Å²) in [5, 5.41) is 2.98. The van der Waals surface area contributed by atoms with E-state index in [9.17, 15) is 4.79 Å². The molecule has 6 rings (SSSR count). The topological polar surface area (TPSA) is 72.7 Å². The molecular formula is C30H30N3O4+. The molecular weight excluding hydrogens is 466 g/mol. The second-order valence-corrected chi connectivity index (χ2v) is 9.05. The summed E-state index contributed by atoms with van der Waals surface area (Å²) in [5.41, 5.74) is 3.80. The fraction of sp³-hybridized carbons (Fsp3) is 0.233. The van der Waals surface area contributed by atoms with Crippen molar-refractivity contribution >= 4 is 23.5 Å². The van der Waals surface area contributed by atoms with Crippen molar-refractivity contribution in [2.45, 2.75) is 24.2 Å². The third-order valence-corrected chi connectivity index (χ3v) is 6.71. The van der Waals surface area contributed by atoms with Crippen LogP contribution in [0.15, 0.2) is 102 Å². The predicted octanol–water partition coefficient (Wildman–Crippen LogP) is 4.34. The number of nitrogens with zero attached hydrogens (tertiary/aromatic N) is 2. The van der Waals surface area contributed by atoms with Crippen LogP contribution in [-0.4, -0.2) is 60.8 Å². The van der Waals surface area contributed by atoms with Crippen molar-refractivity contribution in [3.05, 3.63) is 108 Å². The minimum Gasteiger partial charge on any atom is -0.481 e. The number of nitrogens with one attached hydrogen (secondary N) is 1. The highest BCUT2D eigenvalue weighted by Gasteiger charge is 2.63. The predicted molar refractivity (Wildman–Crippen MR) is 142 cm³/mol. The van der Waals surface area contributed by atoms with Crippen molar-refractivity contribution in [3.8, 4) is 5.88 Å². The van der Waals surface area contributed by atoms with E-state index in [1.54, 1.807) is 39.7 Å². The van der Waals surface area contributed by atoms with E-state index in [0.29, 0.717) is 17.1 Å². The molecule has 3 aromatic rings. The molecule has 0 radical (unpaired) electrons. The maximum absolute atomic E-state index is 13.4. The fourth-order valence-corrected chi connectivity index (χ4v) is 5.13. The van der Waals surface area contributed by atoms with Gasteiger partial charge in [0, 0.05) is 38.8 Å². The molecule has 2 aromatic carbocycles. The number of fused-ring (bicyclic) bond motifs is 1. The molecule has 0 fully saturated rings. The summed E-state index contributed by atoms with van der Waals surface area (Å²) in [6.45, 7) is 0. The number of methoxy groups -OCH3 is 2. The number of amides is 1. The normalized spacial score (nSPS) is 22.7. The second-order valence-electron chi connectivity index (χ2n) is 9.05. The Labute approximate surface area is 216 Å². The van der Waals surface area contributed by atoms with Crippen LogP contribution >= 0.6 is 0 Å². The number of carbonyl (C=O) groups excluding carboxylic acids is 1. The van der Waals surface area contributed by atoms with Gasteiger partial charge in [-0.05, 0) is 17.7 Å². The molecule has 1 N–H and O–H groups in total. The first kappa shape index (κ1) is 24.6. The van der Waals surface area contributed by atoms with Crippen LogP contribution < -0.4 is 10.1 Å². The van der Waals surface area contributed by atoms with Gasteiger partial charge in [0.25, 0.3) is 5.91 Å². The zero-order valence-electron chi connectivity index (χ0n) is 21.1. The van der Waals surface area contributed by atoms with Crippen LogP contribution in [0.1, 0.15) is 5.56 Å². The van der Waals surface area contributed by atoms with Crippen LogP contribution in [0.2, 0.25) is 0 Å². The number of carbonyl (C=O) groups is 1. The third-order valence-electron chi connectivity index (χ3n) is 6.71. The summed E-state index contributed by atoms with van der Waals surface area (Å²) in [6, 6.07) is 24.1. The third kappa shape index (κ3) is 4.59. The Balaban J connectivity index is 0.000000892. The first-order valence-electron chi connectivity index (χ1n) is 12.1. The smallest absolute Gasteiger partial charge is 0.255 e. The fourth-order valence-electron chi connectivity index (χ4n) is 5.13.